The van der Waals surface area contributed by atoms with Gasteiger partial charge in [-0.15, -0.1) is 0 Å². The van der Waals surface area contributed by atoms with Crippen molar-refractivity contribution in [1.29, 1.82) is 0 Å². The zero-order valence-electron chi connectivity index (χ0n) is 16.0. The first-order valence-corrected chi connectivity index (χ1v) is 11.0. The van der Waals surface area contributed by atoms with E-state index in [0.717, 1.165) is 12.8 Å². The zero-order valence-corrected chi connectivity index (χ0v) is 16.8. The highest BCUT2D eigenvalue weighted by Crippen LogP contribution is 2.28. The fourth-order valence-corrected chi connectivity index (χ4v) is 4.65. The van der Waals surface area contributed by atoms with Crippen molar-refractivity contribution in [3.8, 4) is 5.75 Å². The summed E-state index contributed by atoms with van der Waals surface area (Å²) in [6.45, 7) is 0. The third-order valence-corrected chi connectivity index (χ3v) is 6.34. The molecule has 0 saturated heterocycles. The molecule has 150 valence electrons. The number of para-hydroxylation sites is 2. The number of carbonyl (C=O) groups excluding carboxylic acids is 1. The van der Waals surface area contributed by atoms with Crippen LogP contribution < -0.4 is 14.8 Å². The fourth-order valence-electron chi connectivity index (χ4n) is 3.54. The molecule has 2 aromatic carbocycles. The number of carbonyl (C=O) groups is 1. The summed E-state index contributed by atoms with van der Waals surface area (Å²) in [6.07, 6.45) is 6.27. The van der Waals surface area contributed by atoms with Crippen molar-refractivity contribution >= 4 is 27.3 Å². The Balaban J connectivity index is 1.70. The van der Waals surface area contributed by atoms with Crippen molar-refractivity contribution in [2.45, 2.75) is 43.4 Å². The molecule has 0 aliphatic heterocycles. The van der Waals surface area contributed by atoms with E-state index in [0.29, 0.717) is 29.5 Å². The third kappa shape index (κ3) is 5.25. The molecule has 28 heavy (non-hydrogen) atoms. The van der Waals surface area contributed by atoms with Crippen molar-refractivity contribution in [1.82, 2.24) is 0 Å². The maximum absolute atomic E-state index is 12.7. The van der Waals surface area contributed by atoms with Gasteiger partial charge in [0.1, 0.15) is 5.75 Å². The average molecular weight is 403 g/mol. The molecular weight excluding hydrogens is 376 g/mol. The molecule has 0 atom stereocenters. The fraction of sp³-hybridized carbons (Fsp3) is 0.381. The van der Waals surface area contributed by atoms with Gasteiger partial charge in [-0.1, -0.05) is 37.5 Å². The van der Waals surface area contributed by atoms with Gasteiger partial charge in [-0.25, -0.2) is 8.42 Å². The SMILES string of the molecule is COc1ccccc1NS(=O)(=O)c1cccc(NC(=O)CC2CCCCC2)c1. The van der Waals surface area contributed by atoms with Gasteiger partial charge in [-0.2, -0.15) is 0 Å². The summed E-state index contributed by atoms with van der Waals surface area (Å²) >= 11 is 0. The van der Waals surface area contributed by atoms with E-state index in [1.807, 2.05) is 0 Å². The smallest absolute Gasteiger partial charge is 0.262 e. The van der Waals surface area contributed by atoms with Gasteiger partial charge in [0.2, 0.25) is 5.91 Å². The minimum absolute atomic E-state index is 0.0702. The van der Waals surface area contributed by atoms with Crippen LogP contribution in [0.1, 0.15) is 38.5 Å². The Kier molecular flexibility index (Phi) is 6.57. The Morgan fingerprint density at radius 3 is 2.57 bits per heavy atom. The van der Waals surface area contributed by atoms with Crippen LogP contribution in [-0.4, -0.2) is 21.4 Å². The predicted molar refractivity (Wildman–Crippen MR) is 110 cm³/mol. The highest BCUT2D eigenvalue weighted by molar-refractivity contribution is 7.92. The number of sulfonamides is 1. The number of hydrogen-bond acceptors (Lipinski definition) is 4. The Morgan fingerprint density at radius 1 is 1.07 bits per heavy atom. The number of methoxy groups -OCH3 is 1. The third-order valence-electron chi connectivity index (χ3n) is 4.98. The summed E-state index contributed by atoms with van der Waals surface area (Å²) in [7, 11) is -2.33. The van der Waals surface area contributed by atoms with Crippen molar-refractivity contribution in [3.05, 3.63) is 48.5 Å². The number of rotatable bonds is 7. The summed E-state index contributed by atoms with van der Waals surface area (Å²) < 4.78 is 33.2. The molecule has 1 aliphatic rings. The van der Waals surface area contributed by atoms with Crippen LogP contribution in [0.3, 0.4) is 0 Å². The lowest BCUT2D eigenvalue weighted by Crippen LogP contribution is -2.19. The van der Waals surface area contributed by atoms with Gasteiger partial charge in [0.15, 0.2) is 0 Å². The van der Waals surface area contributed by atoms with Gasteiger partial charge >= 0.3 is 0 Å². The monoisotopic (exact) mass is 402 g/mol. The van der Waals surface area contributed by atoms with Gasteiger partial charge in [0.25, 0.3) is 10.0 Å². The molecule has 0 radical (unpaired) electrons. The van der Waals surface area contributed by atoms with Gasteiger partial charge in [0, 0.05) is 12.1 Å². The second kappa shape index (κ2) is 9.10. The Morgan fingerprint density at radius 2 is 1.82 bits per heavy atom. The maximum Gasteiger partial charge on any atom is 0.262 e. The Hall–Kier alpha value is -2.54. The van der Waals surface area contributed by atoms with E-state index < -0.39 is 10.0 Å². The van der Waals surface area contributed by atoms with Gasteiger partial charge in [-0.05, 0) is 49.1 Å². The number of amides is 1. The van der Waals surface area contributed by atoms with Crippen LogP contribution in [0.15, 0.2) is 53.4 Å². The molecule has 1 amide bonds. The second-order valence-corrected chi connectivity index (χ2v) is 8.77. The molecule has 1 saturated carbocycles. The Bertz CT molecular complexity index is 922. The second-order valence-electron chi connectivity index (χ2n) is 7.09. The van der Waals surface area contributed by atoms with Crippen LogP contribution in [0.25, 0.3) is 0 Å². The van der Waals surface area contributed by atoms with E-state index in [-0.39, 0.29) is 10.8 Å². The molecule has 0 unspecified atom stereocenters. The summed E-state index contributed by atoms with van der Waals surface area (Å²) in [6, 6.07) is 13.1. The zero-order chi connectivity index (χ0) is 20.0. The van der Waals surface area contributed by atoms with E-state index in [4.69, 9.17) is 4.74 Å². The minimum atomic E-state index is -3.81. The number of ether oxygens (including phenoxy) is 1. The summed E-state index contributed by atoms with van der Waals surface area (Å²) in [5.74, 6) is 0.787. The first kappa shape index (κ1) is 20.2. The molecule has 0 bridgehead atoms. The van der Waals surface area contributed by atoms with Crippen molar-refractivity contribution in [2.24, 2.45) is 5.92 Å². The van der Waals surface area contributed by atoms with Crippen molar-refractivity contribution in [2.75, 3.05) is 17.1 Å². The number of nitrogens with one attached hydrogen (secondary N) is 2. The van der Waals surface area contributed by atoms with Crippen LogP contribution in [0.5, 0.6) is 5.75 Å². The van der Waals surface area contributed by atoms with Crippen LogP contribution in [-0.2, 0) is 14.8 Å². The van der Waals surface area contributed by atoms with E-state index in [2.05, 4.69) is 10.0 Å². The highest BCUT2D eigenvalue weighted by Gasteiger charge is 2.19. The van der Waals surface area contributed by atoms with Crippen LogP contribution in [0, 0.1) is 5.92 Å². The molecule has 1 aliphatic carbocycles. The standard InChI is InChI=1S/C21H26N2O4S/c1-27-20-13-6-5-12-19(20)23-28(25,26)18-11-7-10-17(15-18)22-21(24)14-16-8-3-2-4-9-16/h5-7,10-13,15-16,23H,2-4,8-9,14H2,1H3,(H,22,24). The topological polar surface area (TPSA) is 84.5 Å². The van der Waals surface area contributed by atoms with Gasteiger partial charge < -0.3 is 10.1 Å². The summed E-state index contributed by atoms with van der Waals surface area (Å²) in [5.41, 5.74) is 0.834. The molecule has 6 nitrogen and oxygen atoms in total. The van der Waals surface area contributed by atoms with E-state index >= 15 is 0 Å². The molecule has 2 aromatic rings. The normalized spacial score (nSPS) is 15.0. The first-order chi connectivity index (χ1) is 13.5. The maximum atomic E-state index is 12.7. The first-order valence-electron chi connectivity index (χ1n) is 9.54. The molecule has 0 heterocycles. The summed E-state index contributed by atoms with van der Waals surface area (Å²) in [4.78, 5) is 12.4. The molecule has 0 aromatic heterocycles. The van der Waals surface area contributed by atoms with Crippen LogP contribution in [0.4, 0.5) is 11.4 Å². The molecule has 0 spiro atoms. The number of benzene rings is 2. The van der Waals surface area contributed by atoms with E-state index in [1.165, 1.54) is 38.5 Å². The quantitative estimate of drug-likeness (QED) is 0.719. The van der Waals surface area contributed by atoms with E-state index in [9.17, 15) is 13.2 Å². The molecular formula is C21H26N2O4S. The van der Waals surface area contributed by atoms with E-state index in [1.54, 1.807) is 36.4 Å². The largest absolute Gasteiger partial charge is 0.495 e. The number of anilines is 2. The molecule has 1 fully saturated rings. The van der Waals surface area contributed by atoms with Crippen molar-refractivity contribution < 1.29 is 17.9 Å². The van der Waals surface area contributed by atoms with Gasteiger partial charge in [-0.3, -0.25) is 9.52 Å². The molecule has 2 N–H and O–H groups in total. The molecule has 3 rings (SSSR count). The number of hydrogen-bond donors (Lipinski definition) is 2. The lowest BCUT2D eigenvalue weighted by atomic mass is 9.87. The molecule has 7 heteroatoms. The van der Waals surface area contributed by atoms with Crippen LogP contribution >= 0.6 is 0 Å². The lowest BCUT2D eigenvalue weighted by molar-refractivity contribution is -0.117. The minimum Gasteiger partial charge on any atom is -0.495 e. The Labute approximate surface area is 166 Å². The average Bonchev–Trinajstić information content (AvgIpc) is 2.69. The van der Waals surface area contributed by atoms with Crippen LogP contribution in [0.2, 0.25) is 0 Å². The van der Waals surface area contributed by atoms with Crippen molar-refractivity contribution in [3.63, 3.8) is 0 Å². The lowest BCUT2D eigenvalue weighted by Gasteiger charge is -2.20. The summed E-state index contributed by atoms with van der Waals surface area (Å²) in [5, 5.41) is 2.83. The highest BCUT2D eigenvalue weighted by atomic mass is 32.2. The van der Waals surface area contributed by atoms with Gasteiger partial charge in [0.05, 0.1) is 17.7 Å². The predicted octanol–water partition coefficient (Wildman–Crippen LogP) is 4.40.